The molecule has 2 aromatic rings. The maximum absolute atomic E-state index is 11.6. The summed E-state index contributed by atoms with van der Waals surface area (Å²) in [6.07, 6.45) is 0.0904. The highest BCUT2D eigenvalue weighted by Crippen LogP contribution is 2.21. The maximum Gasteiger partial charge on any atom is 0.233 e. The van der Waals surface area contributed by atoms with E-state index in [9.17, 15) is 4.79 Å². The van der Waals surface area contributed by atoms with Crippen LogP contribution in [0.25, 0.3) is 0 Å². The highest BCUT2D eigenvalue weighted by atomic mass is 32.1. The molecular formula is C9H12N6OS. The highest BCUT2D eigenvalue weighted by molar-refractivity contribution is 7.13. The van der Waals surface area contributed by atoms with Gasteiger partial charge in [0.15, 0.2) is 11.0 Å². The average molecular weight is 252 g/mol. The number of rotatable bonds is 4. The van der Waals surface area contributed by atoms with Crippen molar-refractivity contribution in [1.29, 1.82) is 0 Å². The van der Waals surface area contributed by atoms with Crippen LogP contribution in [-0.2, 0) is 11.2 Å². The molecule has 0 aliphatic carbocycles. The number of thiazole rings is 1. The molecule has 0 aromatic carbocycles. The summed E-state index contributed by atoms with van der Waals surface area (Å²) in [4.78, 5) is 15.9. The van der Waals surface area contributed by atoms with E-state index in [2.05, 4.69) is 44.8 Å². The molecule has 0 atom stereocenters. The fraction of sp³-hybridized carbons (Fsp3) is 0.444. The summed E-state index contributed by atoms with van der Waals surface area (Å²) in [6.45, 7) is 4.11. The Labute approximate surface area is 102 Å². The second kappa shape index (κ2) is 5.00. The molecule has 0 saturated carbocycles. The van der Waals surface area contributed by atoms with E-state index < -0.39 is 0 Å². The van der Waals surface area contributed by atoms with Crippen molar-refractivity contribution in [2.75, 3.05) is 5.32 Å². The Morgan fingerprint density at radius 3 is 3.00 bits per heavy atom. The van der Waals surface area contributed by atoms with E-state index in [0.717, 1.165) is 5.69 Å². The topological polar surface area (TPSA) is 96.5 Å². The van der Waals surface area contributed by atoms with Crippen molar-refractivity contribution in [2.45, 2.75) is 26.2 Å². The molecule has 17 heavy (non-hydrogen) atoms. The number of carbonyl (C=O) groups is 1. The van der Waals surface area contributed by atoms with Crippen LogP contribution in [0.15, 0.2) is 5.38 Å². The molecule has 2 rings (SSSR count). The van der Waals surface area contributed by atoms with Crippen LogP contribution in [-0.4, -0.2) is 31.5 Å². The van der Waals surface area contributed by atoms with Crippen LogP contribution in [0.1, 0.15) is 31.3 Å². The van der Waals surface area contributed by atoms with Gasteiger partial charge in [-0.05, 0) is 5.92 Å². The smallest absolute Gasteiger partial charge is 0.233 e. The summed E-state index contributed by atoms with van der Waals surface area (Å²) in [5.41, 5.74) is 0.977. The number of hydrogen-bond donors (Lipinski definition) is 2. The molecule has 0 radical (unpaired) electrons. The van der Waals surface area contributed by atoms with Crippen molar-refractivity contribution in [1.82, 2.24) is 25.6 Å². The zero-order chi connectivity index (χ0) is 12.3. The Kier molecular flexibility index (Phi) is 3.43. The van der Waals surface area contributed by atoms with Crippen LogP contribution in [0.3, 0.4) is 0 Å². The molecule has 2 heterocycles. The van der Waals surface area contributed by atoms with Gasteiger partial charge in [-0.1, -0.05) is 19.1 Å². The van der Waals surface area contributed by atoms with Gasteiger partial charge in [0.2, 0.25) is 5.91 Å². The van der Waals surface area contributed by atoms with Crippen molar-refractivity contribution < 1.29 is 4.79 Å². The van der Waals surface area contributed by atoms with Crippen LogP contribution in [0, 0.1) is 0 Å². The molecule has 0 unspecified atom stereocenters. The summed E-state index contributed by atoms with van der Waals surface area (Å²) in [5, 5.41) is 18.3. The van der Waals surface area contributed by atoms with Crippen molar-refractivity contribution >= 4 is 22.4 Å². The third kappa shape index (κ3) is 3.06. The summed E-state index contributed by atoms with van der Waals surface area (Å²) < 4.78 is 0. The highest BCUT2D eigenvalue weighted by Gasteiger charge is 2.11. The van der Waals surface area contributed by atoms with Crippen LogP contribution >= 0.6 is 11.3 Å². The van der Waals surface area contributed by atoms with Crippen LogP contribution < -0.4 is 5.32 Å². The molecule has 2 N–H and O–H groups in total. The van der Waals surface area contributed by atoms with E-state index in [-0.39, 0.29) is 12.3 Å². The minimum Gasteiger partial charge on any atom is -0.302 e. The Bertz CT molecular complexity index is 491. The van der Waals surface area contributed by atoms with E-state index in [1.54, 1.807) is 0 Å². The Balaban J connectivity index is 1.93. The molecule has 90 valence electrons. The number of nitrogens with one attached hydrogen (secondary N) is 2. The predicted octanol–water partition coefficient (Wildman–Crippen LogP) is 0.961. The summed E-state index contributed by atoms with van der Waals surface area (Å²) in [6, 6.07) is 0. The minimum atomic E-state index is -0.198. The van der Waals surface area contributed by atoms with E-state index >= 15 is 0 Å². The van der Waals surface area contributed by atoms with Gasteiger partial charge in [-0.15, -0.1) is 21.5 Å². The van der Waals surface area contributed by atoms with E-state index in [4.69, 9.17) is 0 Å². The minimum absolute atomic E-state index is 0.0904. The number of hydrogen-bond acceptors (Lipinski definition) is 6. The molecule has 0 bridgehead atoms. The molecule has 0 saturated heterocycles. The monoisotopic (exact) mass is 252 g/mol. The molecule has 8 heteroatoms. The van der Waals surface area contributed by atoms with Gasteiger partial charge >= 0.3 is 0 Å². The lowest BCUT2D eigenvalue weighted by Gasteiger charge is -1.99. The van der Waals surface area contributed by atoms with E-state index in [1.807, 2.05) is 5.38 Å². The number of amides is 1. The van der Waals surface area contributed by atoms with Gasteiger partial charge in [0.25, 0.3) is 0 Å². The lowest BCUT2D eigenvalue weighted by Crippen LogP contribution is -2.15. The molecular weight excluding hydrogens is 240 g/mol. The van der Waals surface area contributed by atoms with Crippen LogP contribution in [0.5, 0.6) is 0 Å². The predicted molar refractivity (Wildman–Crippen MR) is 62.7 cm³/mol. The summed E-state index contributed by atoms with van der Waals surface area (Å²) >= 11 is 1.41. The number of aromatic nitrogens is 5. The van der Waals surface area contributed by atoms with Crippen molar-refractivity contribution in [3.05, 3.63) is 16.9 Å². The molecule has 7 nitrogen and oxygen atoms in total. The van der Waals surface area contributed by atoms with Gasteiger partial charge in [-0.3, -0.25) is 4.79 Å². The number of H-pyrrole nitrogens is 1. The van der Waals surface area contributed by atoms with Crippen molar-refractivity contribution in [3.8, 4) is 0 Å². The SMILES string of the molecule is CC(C)c1csc(NC(=O)Cc2nn[nH]n2)n1. The lowest BCUT2D eigenvalue weighted by molar-refractivity contribution is -0.115. The lowest BCUT2D eigenvalue weighted by atomic mass is 10.2. The zero-order valence-corrected chi connectivity index (χ0v) is 10.3. The van der Waals surface area contributed by atoms with Crippen molar-refractivity contribution in [3.63, 3.8) is 0 Å². The second-order valence-electron chi connectivity index (χ2n) is 3.79. The summed E-state index contributed by atoms with van der Waals surface area (Å²) in [7, 11) is 0. The maximum atomic E-state index is 11.6. The quantitative estimate of drug-likeness (QED) is 0.844. The summed E-state index contributed by atoms with van der Waals surface area (Å²) in [5.74, 6) is 0.522. The number of tetrazole rings is 1. The largest absolute Gasteiger partial charge is 0.302 e. The van der Waals surface area contributed by atoms with Gasteiger partial charge in [0.1, 0.15) is 0 Å². The first-order valence-electron chi connectivity index (χ1n) is 5.12. The van der Waals surface area contributed by atoms with Gasteiger partial charge in [-0.25, -0.2) is 4.98 Å². The van der Waals surface area contributed by atoms with E-state index in [1.165, 1.54) is 11.3 Å². The number of aromatic amines is 1. The first kappa shape index (κ1) is 11.6. The number of nitrogens with zero attached hydrogens (tertiary/aromatic N) is 4. The van der Waals surface area contributed by atoms with Gasteiger partial charge in [0.05, 0.1) is 12.1 Å². The third-order valence-corrected chi connectivity index (χ3v) is 2.84. The fourth-order valence-electron chi connectivity index (χ4n) is 1.17. The third-order valence-electron chi connectivity index (χ3n) is 2.07. The normalized spacial score (nSPS) is 10.8. The molecule has 2 aromatic heterocycles. The zero-order valence-electron chi connectivity index (χ0n) is 9.47. The van der Waals surface area contributed by atoms with Crippen LogP contribution in [0.2, 0.25) is 0 Å². The second-order valence-corrected chi connectivity index (χ2v) is 4.64. The standard InChI is InChI=1S/C9H12N6OS/c1-5(2)6-4-17-9(10-6)11-8(16)3-7-12-14-15-13-7/h4-5H,3H2,1-2H3,(H,10,11,16)(H,12,13,14,15). The first-order valence-corrected chi connectivity index (χ1v) is 6.00. The Morgan fingerprint density at radius 1 is 1.59 bits per heavy atom. The molecule has 1 amide bonds. The number of carbonyl (C=O) groups excluding carboxylic acids is 1. The van der Waals surface area contributed by atoms with Gasteiger partial charge in [0, 0.05) is 5.38 Å². The van der Waals surface area contributed by atoms with Gasteiger partial charge in [-0.2, -0.15) is 5.21 Å². The molecule has 0 aliphatic rings. The fourth-order valence-corrected chi connectivity index (χ4v) is 2.06. The van der Waals surface area contributed by atoms with Crippen LogP contribution in [0.4, 0.5) is 5.13 Å². The van der Waals surface area contributed by atoms with Crippen molar-refractivity contribution in [2.24, 2.45) is 0 Å². The van der Waals surface area contributed by atoms with E-state index in [0.29, 0.717) is 16.9 Å². The average Bonchev–Trinajstić information content (AvgIpc) is 2.88. The number of anilines is 1. The molecule has 0 fully saturated rings. The Hall–Kier alpha value is -1.83. The Morgan fingerprint density at radius 2 is 2.41 bits per heavy atom. The molecule has 0 spiro atoms. The first-order chi connectivity index (χ1) is 8.15. The molecule has 0 aliphatic heterocycles. The van der Waals surface area contributed by atoms with Gasteiger partial charge < -0.3 is 5.32 Å².